The molecule has 0 saturated carbocycles. The molecule has 0 aliphatic carbocycles. The Bertz CT molecular complexity index is 589. The van der Waals surface area contributed by atoms with E-state index in [9.17, 15) is 4.79 Å². The van der Waals surface area contributed by atoms with E-state index >= 15 is 0 Å². The molecule has 17 heavy (non-hydrogen) atoms. The highest BCUT2D eigenvalue weighted by Crippen LogP contribution is 2.27. The van der Waals surface area contributed by atoms with Crippen molar-refractivity contribution in [1.82, 2.24) is 0 Å². The highest BCUT2D eigenvalue weighted by molar-refractivity contribution is 9.11. The van der Waals surface area contributed by atoms with E-state index in [1.54, 1.807) is 0 Å². The van der Waals surface area contributed by atoms with E-state index in [1.807, 2.05) is 37.4 Å². The Morgan fingerprint density at radius 3 is 2.47 bits per heavy atom. The smallest absolute Gasteiger partial charge is 0.195 e. The van der Waals surface area contributed by atoms with Crippen molar-refractivity contribution in [3.63, 3.8) is 0 Å². The molecule has 88 valence electrons. The number of carbonyl (C=O) groups excluding carboxylic acids is 1. The Hall–Kier alpha value is -0.640. The fourth-order valence-corrected chi connectivity index (χ4v) is 2.98. The predicted octanol–water partition coefficient (Wildman–Crippen LogP) is 5.01. The number of ketones is 1. The van der Waals surface area contributed by atoms with Crippen LogP contribution in [0.5, 0.6) is 0 Å². The summed E-state index contributed by atoms with van der Waals surface area (Å²) in [5, 5.41) is 2.35. The van der Waals surface area contributed by atoms with Crippen molar-refractivity contribution < 1.29 is 4.79 Å². The molecular formula is C13H10BrClOS. The molecule has 1 nitrogen and oxygen atoms in total. The van der Waals surface area contributed by atoms with Crippen LogP contribution in [-0.4, -0.2) is 5.78 Å². The van der Waals surface area contributed by atoms with Crippen LogP contribution >= 0.6 is 38.9 Å². The fourth-order valence-electron chi connectivity index (χ4n) is 1.54. The van der Waals surface area contributed by atoms with Gasteiger partial charge in [0.2, 0.25) is 0 Å². The number of benzene rings is 1. The molecule has 2 aromatic rings. The summed E-state index contributed by atoms with van der Waals surface area (Å²) in [6, 6.07) is 5.51. The van der Waals surface area contributed by atoms with Gasteiger partial charge in [0.25, 0.3) is 0 Å². The minimum Gasteiger partial charge on any atom is -0.289 e. The van der Waals surface area contributed by atoms with Crippen LogP contribution in [0.25, 0.3) is 0 Å². The van der Waals surface area contributed by atoms with E-state index in [0.29, 0.717) is 16.1 Å². The van der Waals surface area contributed by atoms with Gasteiger partial charge in [-0.2, -0.15) is 0 Å². The van der Waals surface area contributed by atoms with Crippen LogP contribution in [0, 0.1) is 13.8 Å². The van der Waals surface area contributed by atoms with Gasteiger partial charge in [0.15, 0.2) is 5.78 Å². The van der Waals surface area contributed by atoms with Gasteiger partial charge < -0.3 is 0 Å². The topological polar surface area (TPSA) is 17.1 Å². The first kappa shape index (κ1) is 12.8. The molecule has 0 bridgehead atoms. The van der Waals surface area contributed by atoms with Crippen molar-refractivity contribution in [2.45, 2.75) is 13.8 Å². The Labute approximate surface area is 118 Å². The third-order valence-electron chi connectivity index (χ3n) is 2.66. The SMILES string of the molecule is Cc1cc(Cl)c(C(=O)c2csc(Br)c2)cc1C. The number of hydrogen-bond acceptors (Lipinski definition) is 2. The van der Waals surface area contributed by atoms with Gasteiger partial charge in [0.05, 0.1) is 8.81 Å². The maximum absolute atomic E-state index is 12.2. The van der Waals surface area contributed by atoms with Crippen LogP contribution in [0.3, 0.4) is 0 Å². The lowest BCUT2D eigenvalue weighted by Gasteiger charge is -2.06. The van der Waals surface area contributed by atoms with Crippen LogP contribution in [0.1, 0.15) is 27.0 Å². The molecule has 0 N–H and O–H groups in total. The van der Waals surface area contributed by atoms with E-state index in [2.05, 4.69) is 15.9 Å². The van der Waals surface area contributed by atoms with Crippen LogP contribution in [0.15, 0.2) is 27.4 Å². The molecule has 0 aliphatic heterocycles. The molecule has 0 aliphatic rings. The van der Waals surface area contributed by atoms with Gasteiger partial charge in [0.1, 0.15) is 0 Å². The monoisotopic (exact) mass is 328 g/mol. The maximum Gasteiger partial charge on any atom is 0.195 e. The van der Waals surface area contributed by atoms with Crippen molar-refractivity contribution in [3.8, 4) is 0 Å². The second-order valence-electron chi connectivity index (χ2n) is 3.88. The van der Waals surface area contributed by atoms with E-state index in [0.717, 1.165) is 14.9 Å². The molecule has 0 fully saturated rings. The molecule has 0 atom stereocenters. The standard InChI is InChI=1S/C13H10BrClOS/c1-7-3-10(11(15)4-8(7)2)13(16)9-5-12(14)17-6-9/h3-6H,1-2H3. The molecule has 1 aromatic carbocycles. The van der Waals surface area contributed by atoms with Crippen molar-refractivity contribution in [2.24, 2.45) is 0 Å². The zero-order valence-corrected chi connectivity index (χ0v) is 12.5. The zero-order valence-electron chi connectivity index (χ0n) is 9.38. The highest BCUT2D eigenvalue weighted by atomic mass is 79.9. The summed E-state index contributed by atoms with van der Waals surface area (Å²) in [6.45, 7) is 3.96. The number of halogens is 2. The minimum absolute atomic E-state index is 0.0277. The Morgan fingerprint density at radius 2 is 1.88 bits per heavy atom. The van der Waals surface area contributed by atoms with Gasteiger partial charge in [-0.25, -0.2) is 0 Å². The average Bonchev–Trinajstić information content (AvgIpc) is 2.69. The van der Waals surface area contributed by atoms with Crippen LogP contribution < -0.4 is 0 Å². The number of carbonyl (C=O) groups is 1. The molecule has 4 heteroatoms. The van der Waals surface area contributed by atoms with Crippen molar-refractivity contribution in [3.05, 3.63) is 54.6 Å². The van der Waals surface area contributed by atoms with E-state index in [-0.39, 0.29) is 5.78 Å². The average molecular weight is 330 g/mol. The zero-order chi connectivity index (χ0) is 12.6. The molecule has 1 aromatic heterocycles. The van der Waals surface area contributed by atoms with Crippen LogP contribution in [0.4, 0.5) is 0 Å². The first-order valence-corrected chi connectivity index (χ1v) is 7.09. The summed E-state index contributed by atoms with van der Waals surface area (Å²) < 4.78 is 0.945. The van der Waals surface area contributed by atoms with Crippen molar-refractivity contribution in [2.75, 3.05) is 0 Å². The van der Waals surface area contributed by atoms with E-state index in [4.69, 9.17) is 11.6 Å². The molecule has 0 radical (unpaired) electrons. The molecule has 0 unspecified atom stereocenters. The van der Waals surface area contributed by atoms with Crippen molar-refractivity contribution in [1.29, 1.82) is 0 Å². The normalized spacial score (nSPS) is 10.6. The second-order valence-corrected chi connectivity index (χ2v) is 6.58. The van der Waals surface area contributed by atoms with E-state index in [1.165, 1.54) is 11.3 Å². The van der Waals surface area contributed by atoms with E-state index < -0.39 is 0 Å². The van der Waals surface area contributed by atoms with Crippen LogP contribution in [0.2, 0.25) is 5.02 Å². The van der Waals surface area contributed by atoms with Gasteiger partial charge in [-0.05, 0) is 59.1 Å². The largest absolute Gasteiger partial charge is 0.289 e. The Morgan fingerprint density at radius 1 is 1.24 bits per heavy atom. The predicted molar refractivity (Wildman–Crippen MR) is 76.4 cm³/mol. The molecular weight excluding hydrogens is 320 g/mol. The molecule has 1 heterocycles. The summed E-state index contributed by atoms with van der Waals surface area (Å²) in [7, 11) is 0. The minimum atomic E-state index is -0.0277. The number of aryl methyl sites for hydroxylation is 2. The first-order chi connectivity index (χ1) is 7.99. The summed E-state index contributed by atoms with van der Waals surface area (Å²) in [5.41, 5.74) is 3.41. The second kappa shape index (κ2) is 4.92. The van der Waals surface area contributed by atoms with Crippen molar-refractivity contribution >= 4 is 44.7 Å². The third kappa shape index (κ3) is 2.62. The summed E-state index contributed by atoms with van der Waals surface area (Å²) >= 11 is 11.0. The number of thiophene rings is 1. The van der Waals surface area contributed by atoms with Gasteiger partial charge in [0, 0.05) is 16.5 Å². The highest BCUT2D eigenvalue weighted by Gasteiger charge is 2.15. The van der Waals surface area contributed by atoms with Gasteiger partial charge in [-0.1, -0.05) is 11.6 Å². The first-order valence-electron chi connectivity index (χ1n) is 5.04. The summed E-state index contributed by atoms with van der Waals surface area (Å²) in [5.74, 6) is -0.0277. The maximum atomic E-state index is 12.2. The summed E-state index contributed by atoms with van der Waals surface area (Å²) in [4.78, 5) is 12.2. The quantitative estimate of drug-likeness (QED) is 0.708. The third-order valence-corrected chi connectivity index (χ3v) is 4.47. The van der Waals surface area contributed by atoms with Gasteiger partial charge in [-0.3, -0.25) is 4.79 Å². The number of hydrogen-bond donors (Lipinski definition) is 0. The summed E-state index contributed by atoms with van der Waals surface area (Å²) in [6.07, 6.45) is 0. The molecule has 0 saturated heterocycles. The van der Waals surface area contributed by atoms with Gasteiger partial charge in [-0.15, -0.1) is 11.3 Å². The van der Waals surface area contributed by atoms with Crippen LogP contribution in [-0.2, 0) is 0 Å². The lowest BCUT2D eigenvalue weighted by molar-refractivity contribution is 0.103. The lowest BCUT2D eigenvalue weighted by Crippen LogP contribution is -2.02. The lowest BCUT2D eigenvalue weighted by atomic mass is 10.0. The molecule has 0 spiro atoms. The number of rotatable bonds is 2. The molecule has 0 amide bonds. The fraction of sp³-hybridized carbons (Fsp3) is 0.154. The Balaban J connectivity index is 2.47. The Kier molecular flexibility index (Phi) is 3.71. The molecule has 2 rings (SSSR count). The van der Waals surface area contributed by atoms with Gasteiger partial charge >= 0.3 is 0 Å².